The summed E-state index contributed by atoms with van der Waals surface area (Å²) in [4.78, 5) is 19.5. The Hall–Kier alpha value is -5.07. The number of methoxy groups -OCH3 is 2. The molecule has 1 unspecified atom stereocenters. The topological polar surface area (TPSA) is 144 Å². The van der Waals surface area contributed by atoms with E-state index in [1.165, 1.54) is 0 Å². The number of rotatable bonds is 8. The summed E-state index contributed by atoms with van der Waals surface area (Å²) in [7, 11) is 5.30. The van der Waals surface area contributed by atoms with Crippen LogP contribution in [0.1, 0.15) is 61.8 Å². The summed E-state index contributed by atoms with van der Waals surface area (Å²) in [6.07, 6.45) is 4.63. The maximum atomic E-state index is 14.9. The number of esters is 1. The fourth-order valence-corrected chi connectivity index (χ4v) is 12.1. The van der Waals surface area contributed by atoms with Crippen molar-refractivity contribution in [1.29, 1.82) is 5.26 Å². The maximum Gasteiger partial charge on any atom is 0.331 e. The van der Waals surface area contributed by atoms with Gasteiger partial charge in [-0.05, 0) is 68.1 Å². The van der Waals surface area contributed by atoms with Gasteiger partial charge in [0.25, 0.3) is 0 Å². The van der Waals surface area contributed by atoms with Gasteiger partial charge in [-0.25, -0.2) is 4.79 Å². The Morgan fingerprint density at radius 2 is 1.79 bits per heavy atom. The summed E-state index contributed by atoms with van der Waals surface area (Å²) < 4.78 is 43.1. The molecule has 14 heteroatoms. The molecule has 13 nitrogen and oxygen atoms in total. The second-order valence-electron chi connectivity index (χ2n) is 15.7. The minimum atomic E-state index is -1.28. The fourth-order valence-electron chi connectivity index (χ4n) is 10.4. The molecule has 58 heavy (non-hydrogen) atoms. The van der Waals surface area contributed by atoms with Crippen LogP contribution in [0.2, 0.25) is 0 Å². The normalized spacial score (nSPS) is 27.9. The van der Waals surface area contributed by atoms with Crippen LogP contribution in [0.5, 0.6) is 40.2 Å². The summed E-state index contributed by atoms with van der Waals surface area (Å²) in [6, 6.07) is 6.39. The number of likely N-dealkylation sites (N-methyl/N-ethyl adjacent to an activating group) is 1. The number of nitrogens with one attached hydrogen (secondary N) is 1. The van der Waals surface area contributed by atoms with Gasteiger partial charge in [-0.3, -0.25) is 15.1 Å². The number of nitrogens with zero attached hydrogens (tertiary/aromatic N) is 3. The van der Waals surface area contributed by atoms with Gasteiger partial charge in [0.15, 0.2) is 40.0 Å². The number of benzene rings is 3. The van der Waals surface area contributed by atoms with E-state index in [1.54, 1.807) is 38.1 Å². The molecule has 0 radical (unpaired) electrons. The summed E-state index contributed by atoms with van der Waals surface area (Å²) in [5.74, 6) is 3.20. The molecular formula is C44H48N4O9S. The summed E-state index contributed by atoms with van der Waals surface area (Å²) >= 11 is 1.56. The van der Waals surface area contributed by atoms with Gasteiger partial charge >= 0.3 is 5.97 Å². The molecule has 7 aliphatic heterocycles. The number of aryl methyl sites for hydroxylation is 1. The molecule has 10 rings (SSSR count). The van der Waals surface area contributed by atoms with Crippen molar-refractivity contribution >= 4 is 17.7 Å². The van der Waals surface area contributed by atoms with Crippen LogP contribution >= 0.6 is 11.8 Å². The van der Waals surface area contributed by atoms with Gasteiger partial charge in [0.2, 0.25) is 6.79 Å². The number of nitriles is 1. The Kier molecular flexibility index (Phi) is 9.70. The van der Waals surface area contributed by atoms with Crippen molar-refractivity contribution in [1.82, 2.24) is 15.1 Å². The Balaban J connectivity index is 1.29. The Morgan fingerprint density at radius 1 is 1.02 bits per heavy atom. The van der Waals surface area contributed by atoms with E-state index < -0.39 is 34.9 Å². The number of hydrogen-bond donors (Lipinski definition) is 2. The largest absolute Gasteiger partial charge is 0.507 e. The van der Waals surface area contributed by atoms with E-state index in [0.717, 1.165) is 27.8 Å². The van der Waals surface area contributed by atoms with Crippen molar-refractivity contribution in [2.45, 2.75) is 67.7 Å². The van der Waals surface area contributed by atoms with Crippen LogP contribution in [0, 0.1) is 25.2 Å². The van der Waals surface area contributed by atoms with Crippen LogP contribution in [0.25, 0.3) is 0 Å². The molecule has 304 valence electrons. The predicted octanol–water partition coefficient (Wildman–Crippen LogP) is 5.49. The Morgan fingerprint density at radius 3 is 2.53 bits per heavy atom. The molecule has 2 fully saturated rings. The molecule has 2 N–H and O–H groups in total. The molecule has 0 aromatic heterocycles. The summed E-state index contributed by atoms with van der Waals surface area (Å²) in [5.41, 5.74) is 5.35. The lowest BCUT2D eigenvalue weighted by molar-refractivity contribution is -0.157. The van der Waals surface area contributed by atoms with Crippen LogP contribution in [0.3, 0.4) is 0 Å². The lowest BCUT2D eigenvalue weighted by atomic mass is 9.71. The summed E-state index contributed by atoms with van der Waals surface area (Å²) in [5, 5.41) is 26.7. The second kappa shape index (κ2) is 14.6. The first-order valence-electron chi connectivity index (χ1n) is 19.6. The number of phenolic OH excluding ortho intramolecular Hbond substituents is 1. The highest BCUT2D eigenvalue weighted by atomic mass is 32.2. The average Bonchev–Trinajstić information content (AvgIpc) is 3.72. The minimum absolute atomic E-state index is 0.0177. The molecule has 4 bridgehead atoms. The lowest BCUT2D eigenvalue weighted by Crippen LogP contribution is -2.69. The summed E-state index contributed by atoms with van der Waals surface area (Å²) in [6.45, 7) is 12.5. The van der Waals surface area contributed by atoms with Crippen molar-refractivity contribution < 1.29 is 43.1 Å². The standard InChI is InChI=1S/C44H48N4O9S/c1-8-12-53-31-16-24-10-11-46-44(26(24)17-30(31)51-6)20-58-42-34-33(41-39(56-21-57-41)23(4)37(34)49)29(19-55-43(44)50)48-28(18-45)27-15-25-14-22(3)38(52-7)40(54-13-9-2)32(25)35(36(42)48)47(27)5/h8-9,14,16-17,27-29,35-36,42,46,49H,1-2,10-13,15,19-21H2,3-7H3/t27-,28-,29-,35-,36?,42+,44+/m0/s1. The number of piperazine rings is 1. The smallest absolute Gasteiger partial charge is 0.331 e. The molecule has 3 aromatic rings. The molecule has 7 aliphatic rings. The van der Waals surface area contributed by atoms with Crippen molar-refractivity contribution in [3.63, 3.8) is 0 Å². The van der Waals surface area contributed by atoms with E-state index in [4.69, 9.17) is 33.2 Å². The number of carbonyl (C=O) groups is 1. The van der Waals surface area contributed by atoms with Gasteiger partial charge in [-0.2, -0.15) is 5.26 Å². The first kappa shape index (κ1) is 38.4. The molecule has 7 heterocycles. The van der Waals surface area contributed by atoms with Gasteiger partial charge in [-0.1, -0.05) is 31.4 Å². The first-order chi connectivity index (χ1) is 28.1. The zero-order valence-electron chi connectivity index (χ0n) is 33.4. The number of fused-ring (bicyclic) bond motifs is 9. The molecular weight excluding hydrogens is 761 g/mol. The predicted molar refractivity (Wildman–Crippen MR) is 216 cm³/mol. The zero-order chi connectivity index (χ0) is 40.6. The number of thioether (sulfide) groups is 1. The molecule has 0 saturated carbocycles. The number of aromatic hydroxyl groups is 1. The van der Waals surface area contributed by atoms with Crippen LogP contribution in [-0.4, -0.2) is 99.2 Å². The first-order valence-corrected chi connectivity index (χ1v) is 20.7. The maximum absolute atomic E-state index is 14.9. The lowest BCUT2D eigenvalue weighted by Gasteiger charge is -2.62. The molecule has 0 amide bonds. The third-order valence-corrected chi connectivity index (χ3v) is 14.4. The average molecular weight is 809 g/mol. The minimum Gasteiger partial charge on any atom is -0.507 e. The van der Waals surface area contributed by atoms with E-state index >= 15 is 0 Å². The van der Waals surface area contributed by atoms with Crippen LogP contribution in [0.4, 0.5) is 0 Å². The van der Waals surface area contributed by atoms with E-state index in [1.807, 2.05) is 26.0 Å². The van der Waals surface area contributed by atoms with Crippen LogP contribution < -0.4 is 33.7 Å². The Labute approximate surface area is 342 Å². The fraction of sp³-hybridized carbons (Fsp3) is 0.455. The number of hydrogen-bond acceptors (Lipinski definition) is 14. The SMILES string of the molecule is C=CCOc1cc2c(cc1OC)[C@@]1(CS[C@@H]3c4c(O)c(C)c5c(c4[C@H](COC1=O)N1C3[C@@H]3c4c(cc(C)c(OC)c4OCC=C)C[C@@H]([C@@H]1C#N)N3C)OCO5)NCC2. The van der Waals surface area contributed by atoms with Gasteiger partial charge in [-0.15, -0.1) is 11.8 Å². The molecule has 2 saturated heterocycles. The van der Waals surface area contributed by atoms with Gasteiger partial charge < -0.3 is 38.3 Å². The zero-order valence-corrected chi connectivity index (χ0v) is 34.2. The number of ether oxygens (including phenoxy) is 7. The second-order valence-corrected chi connectivity index (χ2v) is 16.8. The highest BCUT2D eigenvalue weighted by Crippen LogP contribution is 2.64. The van der Waals surface area contributed by atoms with Gasteiger partial charge in [0.05, 0.1) is 37.6 Å². The highest BCUT2D eigenvalue weighted by molar-refractivity contribution is 7.99. The molecule has 0 aliphatic carbocycles. The third-order valence-electron chi connectivity index (χ3n) is 12.9. The van der Waals surface area contributed by atoms with Gasteiger partial charge in [0.1, 0.15) is 31.6 Å². The van der Waals surface area contributed by atoms with E-state index in [0.29, 0.717) is 77.2 Å². The molecule has 3 aromatic carbocycles. The van der Waals surface area contributed by atoms with E-state index in [9.17, 15) is 15.2 Å². The number of carbonyl (C=O) groups excluding carboxylic acids is 1. The number of phenols is 1. The highest BCUT2D eigenvalue weighted by Gasteiger charge is 2.61. The van der Waals surface area contributed by atoms with Crippen molar-refractivity contribution in [2.24, 2.45) is 0 Å². The molecule has 1 spiro atoms. The van der Waals surface area contributed by atoms with Crippen molar-refractivity contribution in [3.8, 4) is 46.3 Å². The van der Waals surface area contributed by atoms with E-state index in [-0.39, 0.29) is 43.6 Å². The van der Waals surface area contributed by atoms with Crippen LogP contribution in [0.15, 0.2) is 43.5 Å². The van der Waals surface area contributed by atoms with Gasteiger partial charge in [0, 0.05) is 46.6 Å². The Bertz CT molecular complexity index is 2280. The van der Waals surface area contributed by atoms with Crippen molar-refractivity contribution in [2.75, 3.05) is 60.2 Å². The quantitative estimate of drug-likeness (QED) is 0.219. The monoisotopic (exact) mass is 808 g/mol. The van der Waals surface area contributed by atoms with E-state index in [2.05, 4.69) is 47.5 Å². The third kappa shape index (κ3) is 5.43. The molecule has 7 atom stereocenters. The van der Waals surface area contributed by atoms with Crippen molar-refractivity contribution in [3.05, 3.63) is 88.0 Å². The van der Waals surface area contributed by atoms with Crippen LogP contribution in [-0.2, 0) is 27.9 Å².